The molecule has 0 saturated heterocycles. The van der Waals surface area contributed by atoms with Gasteiger partial charge in [-0.3, -0.25) is 4.68 Å². The van der Waals surface area contributed by atoms with Crippen molar-refractivity contribution < 1.29 is 0 Å². The Kier molecular flexibility index (Phi) is 4.37. The van der Waals surface area contributed by atoms with Gasteiger partial charge >= 0.3 is 0 Å². The molecule has 2 aromatic rings. The number of nitrogens with two attached hydrogens (primary N) is 1. The largest absolute Gasteiger partial charge is 0.327 e. The predicted octanol–water partition coefficient (Wildman–Crippen LogP) is 3.62. The van der Waals surface area contributed by atoms with Gasteiger partial charge in [-0.15, -0.1) is 11.3 Å². The molecule has 18 heavy (non-hydrogen) atoms. The van der Waals surface area contributed by atoms with Crippen LogP contribution in [0.2, 0.25) is 4.34 Å². The van der Waals surface area contributed by atoms with E-state index in [1.54, 1.807) is 23.1 Å². The Morgan fingerprint density at radius 3 is 2.67 bits per heavy atom. The Balaban J connectivity index is 2.24. The van der Waals surface area contributed by atoms with Crippen molar-refractivity contribution in [3.63, 3.8) is 0 Å². The normalized spacial score (nSPS) is 14.7. The summed E-state index contributed by atoms with van der Waals surface area (Å²) in [5.41, 5.74) is 7.12. The van der Waals surface area contributed by atoms with E-state index in [1.165, 1.54) is 4.88 Å². The van der Waals surface area contributed by atoms with E-state index in [1.807, 2.05) is 31.6 Å². The van der Waals surface area contributed by atoms with Crippen molar-refractivity contribution >= 4 is 34.7 Å². The van der Waals surface area contributed by atoms with E-state index in [0.717, 1.165) is 15.1 Å². The topological polar surface area (TPSA) is 43.8 Å². The number of rotatable bonds is 4. The molecule has 0 bridgehead atoms. The fourth-order valence-electron chi connectivity index (χ4n) is 1.73. The van der Waals surface area contributed by atoms with Crippen LogP contribution in [0.5, 0.6) is 0 Å². The Morgan fingerprint density at radius 2 is 2.22 bits per heavy atom. The lowest BCUT2D eigenvalue weighted by atomic mass is 10.2. The van der Waals surface area contributed by atoms with Crippen LogP contribution in [0.1, 0.15) is 22.7 Å². The van der Waals surface area contributed by atoms with E-state index < -0.39 is 0 Å². The van der Waals surface area contributed by atoms with Crippen molar-refractivity contribution in [2.24, 2.45) is 12.8 Å². The van der Waals surface area contributed by atoms with Crippen LogP contribution in [-0.4, -0.2) is 15.8 Å². The molecule has 0 fully saturated rings. The molecule has 0 aromatic carbocycles. The van der Waals surface area contributed by atoms with Crippen LogP contribution in [0.25, 0.3) is 0 Å². The lowest BCUT2D eigenvalue weighted by Crippen LogP contribution is -2.22. The van der Waals surface area contributed by atoms with Gasteiger partial charge in [0.1, 0.15) is 0 Å². The highest BCUT2D eigenvalue weighted by molar-refractivity contribution is 7.99. The monoisotopic (exact) mass is 301 g/mol. The van der Waals surface area contributed by atoms with E-state index in [9.17, 15) is 0 Å². The van der Waals surface area contributed by atoms with Gasteiger partial charge in [0.05, 0.1) is 20.3 Å². The molecule has 0 amide bonds. The van der Waals surface area contributed by atoms with Gasteiger partial charge in [-0.1, -0.05) is 23.4 Å². The first-order valence-corrected chi connectivity index (χ1v) is 7.73. The third-order valence-electron chi connectivity index (χ3n) is 2.56. The van der Waals surface area contributed by atoms with Crippen molar-refractivity contribution in [3.05, 3.63) is 33.1 Å². The summed E-state index contributed by atoms with van der Waals surface area (Å²) in [7, 11) is 1.95. The quantitative estimate of drug-likeness (QED) is 0.877. The highest BCUT2D eigenvalue weighted by atomic mass is 35.5. The maximum atomic E-state index is 6.10. The zero-order chi connectivity index (χ0) is 13.3. The van der Waals surface area contributed by atoms with E-state index in [0.29, 0.717) is 0 Å². The first kappa shape index (κ1) is 13.9. The minimum absolute atomic E-state index is 0.0555. The number of hydrogen-bond donors (Lipinski definition) is 1. The molecule has 0 spiro atoms. The lowest BCUT2D eigenvalue weighted by molar-refractivity contribution is 0.682. The highest BCUT2D eigenvalue weighted by Gasteiger charge is 2.21. The van der Waals surface area contributed by atoms with Crippen molar-refractivity contribution in [2.45, 2.75) is 30.2 Å². The Hall–Kier alpha value is -0.490. The van der Waals surface area contributed by atoms with Crippen molar-refractivity contribution in [1.82, 2.24) is 9.78 Å². The van der Waals surface area contributed by atoms with Crippen LogP contribution in [0, 0.1) is 6.92 Å². The summed E-state index contributed by atoms with van der Waals surface area (Å²) in [6, 6.07) is 6.11. The molecular weight excluding hydrogens is 286 g/mol. The standard InChI is InChI=1S/C12H16ClN3S2/c1-7-6-11(16(3)15-7)18-12(8(2)14)9-4-5-10(13)17-9/h4-6,8,12H,14H2,1-3H3. The van der Waals surface area contributed by atoms with E-state index in [2.05, 4.69) is 17.2 Å². The molecule has 0 aliphatic heterocycles. The average molecular weight is 302 g/mol. The maximum Gasteiger partial charge on any atom is 0.0946 e. The van der Waals surface area contributed by atoms with Crippen LogP contribution in [0.4, 0.5) is 0 Å². The zero-order valence-electron chi connectivity index (χ0n) is 10.6. The molecule has 2 heterocycles. The van der Waals surface area contributed by atoms with Crippen molar-refractivity contribution in [2.75, 3.05) is 0 Å². The minimum Gasteiger partial charge on any atom is -0.327 e. The molecule has 2 unspecified atom stereocenters. The first-order valence-electron chi connectivity index (χ1n) is 5.65. The number of aryl methyl sites for hydroxylation is 2. The molecule has 98 valence electrons. The molecule has 2 N–H and O–H groups in total. The van der Waals surface area contributed by atoms with E-state index in [-0.39, 0.29) is 11.3 Å². The van der Waals surface area contributed by atoms with Gasteiger partial charge in [0, 0.05) is 18.0 Å². The molecule has 0 saturated carbocycles. The van der Waals surface area contributed by atoms with Crippen LogP contribution in [0.15, 0.2) is 23.2 Å². The van der Waals surface area contributed by atoms with Crippen molar-refractivity contribution in [3.8, 4) is 0 Å². The summed E-state index contributed by atoms with van der Waals surface area (Å²) in [6.07, 6.45) is 0. The van der Waals surface area contributed by atoms with Gasteiger partial charge in [0.2, 0.25) is 0 Å². The summed E-state index contributed by atoms with van der Waals surface area (Å²) < 4.78 is 2.70. The molecule has 3 nitrogen and oxygen atoms in total. The van der Waals surface area contributed by atoms with Gasteiger partial charge in [-0.2, -0.15) is 5.10 Å². The van der Waals surface area contributed by atoms with Crippen LogP contribution >= 0.6 is 34.7 Å². The van der Waals surface area contributed by atoms with Crippen LogP contribution in [0.3, 0.4) is 0 Å². The second-order valence-electron chi connectivity index (χ2n) is 4.29. The third kappa shape index (κ3) is 3.09. The summed E-state index contributed by atoms with van der Waals surface area (Å²) >= 11 is 9.33. The minimum atomic E-state index is 0.0555. The van der Waals surface area contributed by atoms with Gasteiger partial charge in [-0.25, -0.2) is 0 Å². The second-order valence-corrected chi connectivity index (χ2v) is 7.20. The summed E-state index contributed by atoms with van der Waals surface area (Å²) in [5, 5.41) is 5.68. The van der Waals surface area contributed by atoms with Gasteiger partial charge in [0.15, 0.2) is 0 Å². The highest BCUT2D eigenvalue weighted by Crippen LogP contribution is 2.41. The smallest absolute Gasteiger partial charge is 0.0946 e. The summed E-state index contributed by atoms with van der Waals surface area (Å²) in [5.74, 6) is 0. The molecule has 2 aromatic heterocycles. The van der Waals surface area contributed by atoms with Crippen LogP contribution in [-0.2, 0) is 7.05 Å². The van der Waals surface area contributed by atoms with Gasteiger partial charge < -0.3 is 5.73 Å². The fraction of sp³-hybridized carbons (Fsp3) is 0.417. The predicted molar refractivity (Wildman–Crippen MR) is 79.5 cm³/mol. The lowest BCUT2D eigenvalue weighted by Gasteiger charge is -2.18. The molecule has 2 rings (SSSR count). The third-order valence-corrected chi connectivity index (χ3v) is 5.58. The Morgan fingerprint density at radius 1 is 1.50 bits per heavy atom. The van der Waals surface area contributed by atoms with E-state index >= 15 is 0 Å². The zero-order valence-corrected chi connectivity index (χ0v) is 12.9. The van der Waals surface area contributed by atoms with Crippen molar-refractivity contribution in [1.29, 1.82) is 0 Å². The number of thioether (sulfide) groups is 1. The maximum absolute atomic E-state index is 6.10. The number of halogens is 1. The molecule has 6 heteroatoms. The molecular formula is C12H16ClN3S2. The molecule has 0 aliphatic rings. The summed E-state index contributed by atoms with van der Waals surface area (Å²) in [4.78, 5) is 1.21. The molecule has 0 aliphatic carbocycles. The number of hydrogen-bond acceptors (Lipinski definition) is 4. The van der Waals surface area contributed by atoms with Gasteiger partial charge in [0.25, 0.3) is 0 Å². The Bertz CT molecular complexity index is 533. The molecule has 0 radical (unpaired) electrons. The number of thiophene rings is 1. The SMILES string of the molecule is Cc1cc(SC(c2ccc(Cl)s2)C(C)N)n(C)n1. The number of aromatic nitrogens is 2. The van der Waals surface area contributed by atoms with Crippen LogP contribution < -0.4 is 5.73 Å². The van der Waals surface area contributed by atoms with E-state index in [4.69, 9.17) is 17.3 Å². The van der Waals surface area contributed by atoms with Gasteiger partial charge in [-0.05, 0) is 32.0 Å². The number of nitrogens with zero attached hydrogens (tertiary/aromatic N) is 2. The fourth-order valence-corrected chi connectivity index (χ4v) is 4.28. The molecule has 2 atom stereocenters. The second kappa shape index (κ2) is 5.65. The Labute approximate surface area is 120 Å². The average Bonchev–Trinajstić information content (AvgIpc) is 2.81. The summed E-state index contributed by atoms with van der Waals surface area (Å²) in [6.45, 7) is 4.02. The first-order chi connectivity index (χ1) is 8.47.